The standard InChI is InChI=1S/C19H23ClN4O2S/c20-17-15(3-7-22-18(17)21)27-16-2-1-14(13(11-25)23-16)24-8-4-19(5-9-24)6-10-26-12-19/h1-3,7,25H,4-6,8-12H2,(H2,21,22). The topological polar surface area (TPSA) is 84.5 Å². The average molecular weight is 407 g/mol. The Kier molecular flexibility index (Phi) is 5.45. The van der Waals surface area contributed by atoms with E-state index in [1.165, 1.54) is 11.8 Å². The predicted octanol–water partition coefficient (Wildman–Crippen LogP) is 3.36. The molecule has 0 saturated carbocycles. The molecule has 2 aromatic rings. The molecule has 2 saturated heterocycles. The summed E-state index contributed by atoms with van der Waals surface area (Å²) in [4.78, 5) is 11.8. The van der Waals surface area contributed by atoms with Gasteiger partial charge in [0.1, 0.15) is 10.8 Å². The fourth-order valence-corrected chi connectivity index (χ4v) is 4.90. The van der Waals surface area contributed by atoms with Crippen LogP contribution in [0.25, 0.3) is 0 Å². The van der Waals surface area contributed by atoms with Crippen molar-refractivity contribution in [1.29, 1.82) is 0 Å². The lowest BCUT2D eigenvalue weighted by atomic mass is 9.78. The first-order valence-electron chi connectivity index (χ1n) is 9.12. The molecule has 8 heteroatoms. The maximum Gasteiger partial charge on any atom is 0.143 e. The van der Waals surface area contributed by atoms with Crippen molar-refractivity contribution in [2.24, 2.45) is 5.41 Å². The average Bonchev–Trinajstić information content (AvgIpc) is 3.14. The number of nitrogen functional groups attached to an aromatic ring is 1. The molecule has 0 atom stereocenters. The highest BCUT2D eigenvalue weighted by molar-refractivity contribution is 7.99. The summed E-state index contributed by atoms with van der Waals surface area (Å²) in [6, 6.07) is 5.82. The molecule has 4 rings (SSSR count). The normalized spacial score (nSPS) is 19.0. The number of aliphatic hydroxyl groups excluding tert-OH is 1. The Morgan fingerprint density at radius 2 is 2.07 bits per heavy atom. The minimum atomic E-state index is -0.0965. The molecule has 2 aromatic heterocycles. The Hall–Kier alpha value is -1.54. The summed E-state index contributed by atoms with van der Waals surface area (Å²) in [6.07, 6.45) is 5.04. The van der Waals surface area contributed by atoms with Gasteiger partial charge in [-0.2, -0.15) is 0 Å². The maximum absolute atomic E-state index is 9.87. The monoisotopic (exact) mass is 406 g/mol. The molecular formula is C19H23ClN4O2S. The van der Waals surface area contributed by atoms with E-state index in [1.807, 2.05) is 18.2 Å². The Balaban J connectivity index is 1.51. The van der Waals surface area contributed by atoms with Gasteiger partial charge in [-0.25, -0.2) is 9.97 Å². The smallest absolute Gasteiger partial charge is 0.143 e. The number of nitrogens with zero attached hydrogens (tertiary/aromatic N) is 3. The van der Waals surface area contributed by atoms with Gasteiger partial charge in [-0.05, 0) is 42.9 Å². The summed E-state index contributed by atoms with van der Waals surface area (Å²) < 4.78 is 5.62. The van der Waals surface area contributed by atoms with Gasteiger partial charge in [0.2, 0.25) is 0 Å². The number of anilines is 2. The summed E-state index contributed by atoms with van der Waals surface area (Å²) >= 11 is 7.64. The number of piperidine rings is 1. The molecule has 4 heterocycles. The van der Waals surface area contributed by atoms with E-state index in [1.54, 1.807) is 6.20 Å². The van der Waals surface area contributed by atoms with E-state index in [0.29, 0.717) is 21.9 Å². The van der Waals surface area contributed by atoms with E-state index in [9.17, 15) is 5.11 Å². The largest absolute Gasteiger partial charge is 0.390 e. The summed E-state index contributed by atoms with van der Waals surface area (Å²) in [6.45, 7) is 3.62. The summed E-state index contributed by atoms with van der Waals surface area (Å²) in [5, 5.41) is 11.1. The van der Waals surface area contributed by atoms with Gasteiger partial charge in [0.25, 0.3) is 0 Å². The number of nitrogens with two attached hydrogens (primary N) is 1. The number of halogens is 1. The lowest BCUT2D eigenvalue weighted by molar-refractivity contribution is 0.133. The van der Waals surface area contributed by atoms with Crippen LogP contribution in [0, 0.1) is 5.41 Å². The second-order valence-corrected chi connectivity index (χ2v) is 8.61. The highest BCUT2D eigenvalue weighted by Crippen LogP contribution is 2.41. The van der Waals surface area contributed by atoms with E-state index < -0.39 is 0 Å². The molecule has 0 radical (unpaired) electrons. The zero-order valence-electron chi connectivity index (χ0n) is 15.0. The zero-order chi connectivity index (χ0) is 18.9. The predicted molar refractivity (Wildman–Crippen MR) is 107 cm³/mol. The Morgan fingerprint density at radius 1 is 1.26 bits per heavy atom. The quantitative estimate of drug-likeness (QED) is 0.805. The Morgan fingerprint density at radius 3 is 2.78 bits per heavy atom. The van der Waals surface area contributed by atoms with Crippen LogP contribution in [-0.4, -0.2) is 41.4 Å². The van der Waals surface area contributed by atoms with Crippen LogP contribution in [0.4, 0.5) is 11.5 Å². The van der Waals surface area contributed by atoms with Gasteiger partial charge in [-0.1, -0.05) is 23.4 Å². The third kappa shape index (κ3) is 3.87. The Bertz CT molecular complexity index is 819. The second-order valence-electron chi connectivity index (χ2n) is 7.17. The van der Waals surface area contributed by atoms with Gasteiger partial charge in [0.15, 0.2) is 0 Å². The highest BCUT2D eigenvalue weighted by Gasteiger charge is 2.38. The fourth-order valence-electron chi connectivity index (χ4n) is 3.83. The third-order valence-corrected chi connectivity index (χ3v) is 7.03. The van der Waals surface area contributed by atoms with Crippen molar-refractivity contribution in [3.63, 3.8) is 0 Å². The van der Waals surface area contributed by atoms with Crippen molar-refractivity contribution < 1.29 is 9.84 Å². The molecule has 144 valence electrons. The molecule has 2 fully saturated rings. The molecule has 2 aliphatic heterocycles. The van der Waals surface area contributed by atoms with Gasteiger partial charge < -0.3 is 20.5 Å². The van der Waals surface area contributed by atoms with Gasteiger partial charge in [0.05, 0.1) is 29.6 Å². The fraction of sp³-hybridized carbons (Fsp3) is 0.474. The van der Waals surface area contributed by atoms with Gasteiger partial charge in [-0.3, -0.25) is 0 Å². The maximum atomic E-state index is 9.87. The van der Waals surface area contributed by atoms with E-state index >= 15 is 0 Å². The van der Waals surface area contributed by atoms with E-state index in [0.717, 1.165) is 61.2 Å². The number of hydrogen-bond acceptors (Lipinski definition) is 7. The number of aromatic nitrogens is 2. The first-order chi connectivity index (χ1) is 13.1. The van der Waals surface area contributed by atoms with Gasteiger partial charge >= 0.3 is 0 Å². The summed E-state index contributed by atoms with van der Waals surface area (Å²) in [7, 11) is 0. The van der Waals surface area contributed by atoms with Crippen LogP contribution in [0.2, 0.25) is 5.02 Å². The lowest BCUT2D eigenvalue weighted by Gasteiger charge is -2.39. The molecule has 6 nitrogen and oxygen atoms in total. The van der Waals surface area contributed by atoms with Crippen molar-refractivity contribution in [3.8, 4) is 0 Å². The molecule has 0 unspecified atom stereocenters. The zero-order valence-corrected chi connectivity index (χ0v) is 16.6. The van der Waals surface area contributed by atoms with Crippen molar-refractivity contribution in [3.05, 3.63) is 35.1 Å². The van der Waals surface area contributed by atoms with Gasteiger partial charge in [0, 0.05) is 30.8 Å². The molecule has 1 spiro atoms. The summed E-state index contributed by atoms with van der Waals surface area (Å²) in [5.74, 6) is 0.304. The SMILES string of the molecule is Nc1nccc(Sc2ccc(N3CCC4(CCOC4)CC3)c(CO)n2)c1Cl. The first kappa shape index (κ1) is 18.8. The molecule has 0 aliphatic carbocycles. The van der Waals surface area contributed by atoms with E-state index in [4.69, 9.17) is 22.1 Å². The number of hydrogen-bond donors (Lipinski definition) is 2. The number of ether oxygens (including phenoxy) is 1. The molecule has 3 N–H and O–H groups in total. The van der Waals surface area contributed by atoms with Crippen molar-refractivity contribution >= 4 is 34.9 Å². The van der Waals surface area contributed by atoms with E-state index in [-0.39, 0.29) is 6.61 Å². The molecule has 0 bridgehead atoms. The van der Waals surface area contributed by atoms with Crippen molar-refractivity contribution in [1.82, 2.24) is 9.97 Å². The Labute approximate surface area is 168 Å². The minimum Gasteiger partial charge on any atom is -0.390 e. The van der Waals surface area contributed by atoms with Crippen LogP contribution in [0.1, 0.15) is 25.0 Å². The molecular weight excluding hydrogens is 384 g/mol. The van der Waals surface area contributed by atoms with Crippen LogP contribution in [0.3, 0.4) is 0 Å². The number of aliphatic hydroxyl groups is 1. The summed E-state index contributed by atoms with van der Waals surface area (Å²) in [5.41, 5.74) is 7.83. The molecule has 27 heavy (non-hydrogen) atoms. The molecule has 2 aliphatic rings. The lowest BCUT2D eigenvalue weighted by Crippen LogP contribution is -2.41. The number of pyridine rings is 2. The highest BCUT2D eigenvalue weighted by atomic mass is 35.5. The first-order valence-corrected chi connectivity index (χ1v) is 10.3. The third-order valence-electron chi connectivity index (χ3n) is 5.52. The van der Waals surface area contributed by atoms with E-state index in [2.05, 4.69) is 14.9 Å². The van der Waals surface area contributed by atoms with Crippen molar-refractivity contribution in [2.45, 2.75) is 35.8 Å². The van der Waals surface area contributed by atoms with Crippen LogP contribution in [-0.2, 0) is 11.3 Å². The van der Waals surface area contributed by atoms with Crippen LogP contribution in [0.5, 0.6) is 0 Å². The minimum absolute atomic E-state index is 0.0965. The number of rotatable bonds is 4. The second kappa shape index (κ2) is 7.83. The van der Waals surface area contributed by atoms with Gasteiger partial charge in [-0.15, -0.1) is 0 Å². The molecule has 0 aromatic carbocycles. The molecule has 0 amide bonds. The van der Waals surface area contributed by atoms with Crippen LogP contribution >= 0.6 is 23.4 Å². The van der Waals surface area contributed by atoms with Crippen LogP contribution in [0.15, 0.2) is 34.3 Å². The van der Waals surface area contributed by atoms with Crippen molar-refractivity contribution in [2.75, 3.05) is 36.9 Å². The van der Waals surface area contributed by atoms with Crippen LogP contribution < -0.4 is 10.6 Å².